The number of aromatic nitrogens is 1. The Hall–Kier alpha value is -2.81. The highest BCUT2D eigenvalue weighted by Gasteiger charge is 2.21. The van der Waals surface area contributed by atoms with Crippen LogP contribution in [0.1, 0.15) is 28.1 Å². The van der Waals surface area contributed by atoms with E-state index in [1.54, 1.807) is 24.3 Å². The molecule has 0 aliphatic rings. The highest BCUT2D eigenvalue weighted by Crippen LogP contribution is 2.28. The number of rotatable bonds is 7. The van der Waals surface area contributed by atoms with Gasteiger partial charge in [0.25, 0.3) is 5.91 Å². The smallest absolute Gasteiger partial charge is 0.260 e. The summed E-state index contributed by atoms with van der Waals surface area (Å²) < 4.78 is 27.7. The van der Waals surface area contributed by atoms with Gasteiger partial charge in [-0.25, -0.2) is 13.8 Å². The molecule has 34 heavy (non-hydrogen) atoms. The first-order valence-corrected chi connectivity index (χ1v) is 13.0. The molecule has 0 saturated heterocycles. The van der Waals surface area contributed by atoms with Gasteiger partial charge in [-0.1, -0.05) is 29.3 Å². The molecule has 0 aliphatic carbocycles. The molecule has 1 N–H and O–H groups in total. The van der Waals surface area contributed by atoms with E-state index in [0.717, 1.165) is 44.3 Å². The van der Waals surface area contributed by atoms with Crippen LogP contribution < -0.4 is 9.73 Å². The van der Waals surface area contributed by atoms with Gasteiger partial charge in [-0.2, -0.15) is 5.10 Å². The number of anilines is 1. The summed E-state index contributed by atoms with van der Waals surface area (Å²) >= 11 is 12.4. The number of benzene rings is 2. The van der Waals surface area contributed by atoms with Gasteiger partial charge in [0.05, 0.1) is 28.9 Å². The monoisotopic (exact) mass is 520 g/mol. The van der Waals surface area contributed by atoms with Crippen molar-refractivity contribution < 1.29 is 13.2 Å². The van der Waals surface area contributed by atoms with Crippen molar-refractivity contribution in [1.82, 2.24) is 9.99 Å². The van der Waals surface area contributed by atoms with Crippen LogP contribution in [0.2, 0.25) is 10.0 Å². The molecule has 180 valence electrons. The van der Waals surface area contributed by atoms with E-state index >= 15 is 0 Å². The highest BCUT2D eigenvalue weighted by molar-refractivity contribution is 7.92. The molecule has 0 fully saturated rings. The van der Waals surface area contributed by atoms with Crippen LogP contribution in [0.5, 0.6) is 0 Å². The van der Waals surface area contributed by atoms with Gasteiger partial charge in [-0.3, -0.25) is 9.10 Å². The number of nitrogens with zero attached hydrogens (tertiary/aromatic N) is 3. The number of carbonyl (C=O) groups excluding carboxylic acids is 1. The van der Waals surface area contributed by atoms with Crippen molar-refractivity contribution in [3.05, 3.63) is 80.6 Å². The van der Waals surface area contributed by atoms with E-state index in [9.17, 15) is 13.2 Å². The Balaban J connectivity index is 1.78. The zero-order chi connectivity index (χ0) is 25.2. The molecule has 1 heterocycles. The number of hydrogen-bond acceptors (Lipinski definition) is 4. The summed E-state index contributed by atoms with van der Waals surface area (Å²) in [5.41, 5.74) is 8.00. The first-order chi connectivity index (χ1) is 15.9. The van der Waals surface area contributed by atoms with Gasteiger partial charge in [0, 0.05) is 22.0 Å². The Labute approximate surface area is 210 Å². The van der Waals surface area contributed by atoms with Gasteiger partial charge in [0.1, 0.15) is 6.54 Å². The van der Waals surface area contributed by atoms with Crippen LogP contribution in [0, 0.1) is 27.7 Å². The van der Waals surface area contributed by atoms with Crippen LogP contribution in [0.15, 0.2) is 47.6 Å². The Morgan fingerprint density at radius 1 is 1.06 bits per heavy atom. The number of aryl methyl sites for hydroxylation is 3. The number of amides is 1. The average Bonchev–Trinajstić information content (AvgIpc) is 2.98. The van der Waals surface area contributed by atoms with E-state index in [0.29, 0.717) is 15.7 Å². The van der Waals surface area contributed by atoms with Gasteiger partial charge in [0.2, 0.25) is 10.0 Å². The zero-order valence-corrected chi connectivity index (χ0v) is 21.9. The summed E-state index contributed by atoms with van der Waals surface area (Å²) in [6.07, 6.45) is 2.58. The fraction of sp³-hybridized carbons (Fsp3) is 0.250. The molecular weight excluding hydrogens is 495 g/mol. The van der Waals surface area contributed by atoms with Gasteiger partial charge >= 0.3 is 0 Å². The topological polar surface area (TPSA) is 83.8 Å². The van der Waals surface area contributed by atoms with Gasteiger partial charge in [-0.15, -0.1) is 0 Å². The lowest BCUT2D eigenvalue weighted by Gasteiger charge is -2.22. The lowest BCUT2D eigenvalue weighted by molar-refractivity contribution is -0.119. The fourth-order valence-electron chi connectivity index (χ4n) is 3.79. The molecule has 0 radical (unpaired) electrons. The Kier molecular flexibility index (Phi) is 7.75. The molecule has 0 bridgehead atoms. The predicted octanol–water partition coefficient (Wildman–Crippen LogP) is 4.93. The molecule has 7 nitrogen and oxygen atoms in total. The molecule has 0 saturated carbocycles. The maximum absolute atomic E-state index is 12.5. The molecule has 0 aliphatic heterocycles. The average molecular weight is 521 g/mol. The van der Waals surface area contributed by atoms with E-state index in [1.807, 2.05) is 50.5 Å². The number of carbonyl (C=O) groups is 1. The molecule has 0 spiro atoms. The number of sulfonamides is 1. The van der Waals surface area contributed by atoms with Crippen molar-refractivity contribution in [3.8, 4) is 5.69 Å². The summed E-state index contributed by atoms with van der Waals surface area (Å²) in [5, 5.41) is 5.10. The Morgan fingerprint density at radius 2 is 1.71 bits per heavy atom. The molecule has 3 rings (SSSR count). The predicted molar refractivity (Wildman–Crippen MR) is 139 cm³/mol. The standard InChI is InChI=1S/C24H26Cl2N4O3S/c1-15-8-16(2)10-21(9-15)29(34(5,32)33)14-24(31)28-27-13-19-11-17(3)30(18(19)4)23-7-6-20(25)12-22(23)26/h6-13H,14H2,1-5H3,(H,28,31)/b27-13-. The molecule has 3 aromatic rings. The third-order valence-electron chi connectivity index (χ3n) is 5.20. The largest absolute Gasteiger partial charge is 0.316 e. The number of hydrazone groups is 1. The van der Waals surface area contributed by atoms with E-state index in [1.165, 1.54) is 6.21 Å². The molecule has 0 unspecified atom stereocenters. The molecule has 1 aromatic heterocycles. The van der Waals surface area contributed by atoms with Crippen LogP contribution >= 0.6 is 23.2 Å². The normalized spacial score (nSPS) is 11.7. The van der Waals surface area contributed by atoms with Crippen molar-refractivity contribution >= 4 is 51.0 Å². The van der Waals surface area contributed by atoms with E-state index < -0.39 is 22.5 Å². The van der Waals surface area contributed by atoms with Crippen LogP contribution in [-0.2, 0) is 14.8 Å². The van der Waals surface area contributed by atoms with Crippen LogP contribution in [0.3, 0.4) is 0 Å². The summed E-state index contributed by atoms with van der Waals surface area (Å²) in [7, 11) is -3.68. The maximum atomic E-state index is 12.5. The molecule has 0 atom stereocenters. The van der Waals surface area contributed by atoms with Crippen molar-refractivity contribution in [1.29, 1.82) is 0 Å². The maximum Gasteiger partial charge on any atom is 0.260 e. The van der Waals surface area contributed by atoms with Crippen LogP contribution in [0.25, 0.3) is 5.69 Å². The molecule has 10 heteroatoms. The first-order valence-electron chi connectivity index (χ1n) is 10.4. The first kappa shape index (κ1) is 25.8. The van der Waals surface area contributed by atoms with Gasteiger partial charge < -0.3 is 4.57 Å². The third kappa shape index (κ3) is 6.00. The molecule has 2 aromatic carbocycles. The van der Waals surface area contributed by atoms with Crippen molar-refractivity contribution in [2.45, 2.75) is 27.7 Å². The second-order valence-corrected chi connectivity index (χ2v) is 10.9. The van der Waals surface area contributed by atoms with Crippen LogP contribution in [0.4, 0.5) is 5.69 Å². The second kappa shape index (κ2) is 10.2. The lowest BCUT2D eigenvalue weighted by atomic mass is 10.1. The van der Waals surface area contributed by atoms with E-state index in [4.69, 9.17) is 23.2 Å². The number of hydrogen-bond donors (Lipinski definition) is 1. The Morgan fingerprint density at radius 3 is 2.29 bits per heavy atom. The summed E-state index contributed by atoms with van der Waals surface area (Å²) in [4.78, 5) is 12.5. The minimum absolute atomic E-state index is 0.390. The summed E-state index contributed by atoms with van der Waals surface area (Å²) in [6.45, 7) is 7.19. The van der Waals surface area contributed by atoms with E-state index in [-0.39, 0.29) is 0 Å². The van der Waals surface area contributed by atoms with Crippen LogP contribution in [-0.4, -0.2) is 37.9 Å². The summed E-state index contributed by atoms with van der Waals surface area (Å²) in [5.74, 6) is -0.560. The van der Waals surface area contributed by atoms with Crippen molar-refractivity contribution in [2.24, 2.45) is 5.10 Å². The number of halogens is 2. The minimum Gasteiger partial charge on any atom is -0.316 e. The quantitative estimate of drug-likeness (QED) is 0.353. The van der Waals surface area contributed by atoms with Gasteiger partial charge in [0.15, 0.2) is 0 Å². The summed E-state index contributed by atoms with van der Waals surface area (Å²) in [6, 6.07) is 12.6. The zero-order valence-electron chi connectivity index (χ0n) is 19.6. The van der Waals surface area contributed by atoms with Gasteiger partial charge in [-0.05, 0) is 75.2 Å². The number of nitrogens with one attached hydrogen (secondary N) is 1. The second-order valence-electron chi connectivity index (χ2n) is 8.17. The third-order valence-corrected chi connectivity index (χ3v) is 6.87. The highest BCUT2D eigenvalue weighted by atomic mass is 35.5. The lowest BCUT2D eigenvalue weighted by Crippen LogP contribution is -2.39. The minimum atomic E-state index is -3.68. The SMILES string of the molecule is Cc1cc(C)cc(N(CC(=O)N/N=C\c2cc(C)n(-c3ccc(Cl)cc3Cl)c2C)S(C)(=O)=O)c1. The fourth-order valence-corrected chi connectivity index (χ4v) is 5.12. The van der Waals surface area contributed by atoms with E-state index in [2.05, 4.69) is 10.5 Å². The van der Waals surface area contributed by atoms with Crippen molar-refractivity contribution in [2.75, 3.05) is 17.1 Å². The molecule has 1 amide bonds. The van der Waals surface area contributed by atoms with Crippen molar-refractivity contribution in [3.63, 3.8) is 0 Å². The Bertz CT molecular complexity index is 1360. The molecular formula is C24H26Cl2N4O3S.